The molecule has 10 heteroatoms. The largest absolute Gasteiger partial charge is 0.358 e. The number of carbonyl (C=O) groups excluding carboxylic acids is 3. The SMILES string of the molecule is CN1CCN=C1c1ccc(NC(=O)C(CC(=O)Nc2ccccc2)NC(=O)Nc2ccc(Cl)cc2)cc1. The van der Waals surface area contributed by atoms with Gasteiger partial charge in [-0.05, 0) is 60.7 Å². The van der Waals surface area contributed by atoms with E-state index in [9.17, 15) is 14.4 Å². The number of aliphatic imine (C=N–C) groups is 1. The van der Waals surface area contributed by atoms with Gasteiger partial charge < -0.3 is 26.2 Å². The second-order valence-electron chi connectivity index (χ2n) is 8.47. The Morgan fingerprint density at radius 2 is 1.49 bits per heavy atom. The molecule has 1 aliphatic heterocycles. The fraction of sp³-hybridized carbons (Fsp3) is 0.185. The van der Waals surface area contributed by atoms with E-state index in [4.69, 9.17) is 11.6 Å². The van der Waals surface area contributed by atoms with Gasteiger partial charge in [-0.1, -0.05) is 29.8 Å². The Hall–Kier alpha value is -4.37. The van der Waals surface area contributed by atoms with Crippen molar-refractivity contribution in [3.8, 4) is 0 Å². The highest BCUT2D eigenvalue weighted by molar-refractivity contribution is 6.30. The van der Waals surface area contributed by atoms with Gasteiger partial charge in [-0.25, -0.2) is 4.79 Å². The average Bonchev–Trinajstić information content (AvgIpc) is 3.32. The summed E-state index contributed by atoms with van der Waals surface area (Å²) in [6.45, 7) is 1.62. The van der Waals surface area contributed by atoms with Crippen LogP contribution in [-0.2, 0) is 9.59 Å². The molecule has 0 aliphatic carbocycles. The number of para-hydroxylation sites is 1. The number of hydrogen-bond acceptors (Lipinski definition) is 5. The smallest absolute Gasteiger partial charge is 0.319 e. The van der Waals surface area contributed by atoms with E-state index in [0.717, 1.165) is 24.5 Å². The van der Waals surface area contributed by atoms with Gasteiger partial charge in [0.2, 0.25) is 11.8 Å². The van der Waals surface area contributed by atoms with Crippen molar-refractivity contribution >= 4 is 52.3 Å². The van der Waals surface area contributed by atoms with Crippen LogP contribution >= 0.6 is 11.6 Å². The Morgan fingerprint density at radius 3 is 2.14 bits per heavy atom. The average molecular weight is 519 g/mol. The maximum atomic E-state index is 13.1. The Bertz CT molecular complexity index is 1280. The summed E-state index contributed by atoms with van der Waals surface area (Å²) in [5, 5.41) is 11.3. The van der Waals surface area contributed by atoms with Crippen molar-refractivity contribution in [2.45, 2.75) is 12.5 Å². The second-order valence-corrected chi connectivity index (χ2v) is 8.91. The quantitative estimate of drug-likeness (QED) is 0.358. The van der Waals surface area contributed by atoms with Crippen LogP contribution in [0.1, 0.15) is 12.0 Å². The van der Waals surface area contributed by atoms with Crippen LogP contribution in [0.25, 0.3) is 0 Å². The lowest BCUT2D eigenvalue weighted by Gasteiger charge is -2.19. The molecule has 0 fully saturated rings. The predicted molar refractivity (Wildman–Crippen MR) is 146 cm³/mol. The summed E-state index contributed by atoms with van der Waals surface area (Å²) in [6.07, 6.45) is -0.269. The number of carbonyl (C=O) groups is 3. The molecule has 1 heterocycles. The number of nitrogens with zero attached hydrogens (tertiary/aromatic N) is 2. The molecule has 0 spiro atoms. The molecule has 0 aromatic heterocycles. The van der Waals surface area contributed by atoms with E-state index in [1.807, 2.05) is 25.2 Å². The van der Waals surface area contributed by atoms with E-state index in [-0.39, 0.29) is 6.42 Å². The van der Waals surface area contributed by atoms with Gasteiger partial charge in [0, 0.05) is 41.2 Å². The van der Waals surface area contributed by atoms with Crippen LogP contribution in [0.5, 0.6) is 0 Å². The first-order valence-corrected chi connectivity index (χ1v) is 12.1. The van der Waals surface area contributed by atoms with Crippen LogP contribution in [0.3, 0.4) is 0 Å². The van der Waals surface area contributed by atoms with Crippen molar-refractivity contribution in [1.82, 2.24) is 10.2 Å². The highest BCUT2D eigenvalue weighted by Gasteiger charge is 2.25. The van der Waals surface area contributed by atoms with Gasteiger partial charge in [0.05, 0.1) is 13.0 Å². The number of halogens is 1. The molecule has 3 aromatic rings. The van der Waals surface area contributed by atoms with Crippen molar-refractivity contribution < 1.29 is 14.4 Å². The molecule has 3 aromatic carbocycles. The third-order valence-corrected chi connectivity index (χ3v) is 5.89. The Morgan fingerprint density at radius 1 is 0.865 bits per heavy atom. The zero-order valence-corrected chi connectivity index (χ0v) is 21.0. The van der Waals surface area contributed by atoms with Crippen LogP contribution in [0.15, 0.2) is 83.9 Å². The van der Waals surface area contributed by atoms with E-state index in [1.165, 1.54) is 0 Å². The van der Waals surface area contributed by atoms with Crippen LogP contribution < -0.4 is 21.3 Å². The van der Waals surface area contributed by atoms with Crippen molar-refractivity contribution in [3.05, 3.63) is 89.4 Å². The van der Waals surface area contributed by atoms with Crippen molar-refractivity contribution in [2.24, 2.45) is 4.99 Å². The number of urea groups is 1. The predicted octanol–water partition coefficient (Wildman–Crippen LogP) is 4.19. The number of nitrogens with one attached hydrogen (secondary N) is 4. The van der Waals surface area contributed by atoms with Gasteiger partial charge in [-0.15, -0.1) is 0 Å². The lowest BCUT2D eigenvalue weighted by atomic mass is 10.1. The number of benzene rings is 3. The van der Waals surface area contributed by atoms with E-state index in [1.54, 1.807) is 60.7 Å². The van der Waals surface area contributed by atoms with Gasteiger partial charge >= 0.3 is 6.03 Å². The molecule has 4 N–H and O–H groups in total. The summed E-state index contributed by atoms with van der Waals surface area (Å²) >= 11 is 5.89. The molecular formula is C27H27ClN6O3. The summed E-state index contributed by atoms with van der Waals surface area (Å²) in [7, 11) is 1.98. The first kappa shape index (κ1) is 25.7. The second kappa shape index (κ2) is 12.0. The normalized spacial score (nSPS) is 13.4. The highest BCUT2D eigenvalue weighted by Crippen LogP contribution is 2.16. The lowest BCUT2D eigenvalue weighted by molar-refractivity contribution is -0.122. The van der Waals surface area contributed by atoms with Gasteiger partial charge in [-0.2, -0.15) is 0 Å². The van der Waals surface area contributed by atoms with Crippen LogP contribution in [-0.4, -0.2) is 54.8 Å². The van der Waals surface area contributed by atoms with E-state index in [2.05, 4.69) is 31.2 Å². The monoisotopic (exact) mass is 518 g/mol. The highest BCUT2D eigenvalue weighted by atomic mass is 35.5. The fourth-order valence-corrected chi connectivity index (χ4v) is 3.89. The fourth-order valence-electron chi connectivity index (χ4n) is 3.76. The molecule has 0 bridgehead atoms. The summed E-state index contributed by atoms with van der Waals surface area (Å²) in [5.74, 6) is -0.0535. The third kappa shape index (κ3) is 7.31. The number of anilines is 3. The topological polar surface area (TPSA) is 115 Å². The minimum absolute atomic E-state index is 0.269. The molecule has 1 unspecified atom stereocenters. The zero-order chi connectivity index (χ0) is 26.2. The number of rotatable bonds is 8. The summed E-state index contributed by atoms with van der Waals surface area (Å²) in [6, 6.07) is 20.9. The molecule has 1 aliphatic rings. The van der Waals surface area contributed by atoms with Crippen LogP contribution in [0.2, 0.25) is 5.02 Å². The van der Waals surface area contributed by atoms with Crippen molar-refractivity contribution in [3.63, 3.8) is 0 Å². The summed E-state index contributed by atoms with van der Waals surface area (Å²) in [5.41, 5.74) is 2.55. The standard InChI is InChI=1S/C27H27ClN6O3/c1-34-16-15-29-25(34)18-7-11-21(12-8-18)31-26(36)23(17-24(35)30-20-5-3-2-4-6-20)33-27(37)32-22-13-9-19(28)10-14-22/h2-14,23H,15-17H2,1H3,(H,30,35)(H,31,36)(H2,32,33,37). The number of likely N-dealkylation sites (N-methyl/N-ethyl adjacent to an activating group) is 1. The van der Waals surface area contributed by atoms with Gasteiger partial charge in [-0.3, -0.25) is 14.6 Å². The van der Waals surface area contributed by atoms with Crippen LogP contribution in [0.4, 0.5) is 21.9 Å². The minimum atomic E-state index is -1.14. The number of hydrogen-bond donors (Lipinski definition) is 4. The van der Waals surface area contributed by atoms with Crippen LogP contribution in [0, 0.1) is 0 Å². The maximum absolute atomic E-state index is 13.1. The number of amidine groups is 1. The van der Waals surface area contributed by atoms with Gasteiger partial charge in [0.1, 0.15) is 11.9 Å². The summed E-state index contributed by atoms with van der Waals surface area (Å²) in [4.78, 5) is 45.0. The molecule has 37 heavy (non-hydrogen) atoms. The van der Waals surface area contributed by atoms with E-state index in [0.29, 0.717) is 22.1 Å². The molecule has 0 saturated carbocycles. The van der Waals surface area contributed by atoms with Crippen molar-refractivity contribution in [2.75, 3.05) is 36.1 Å². The maximum Gasteiger partial charge on any atom is 0.319 e. The Labute approximate surface area is 219 Å². The first-order chi connectivity index (χ1) is 17.9. The van der Waals surface area contributed by atoms with E-state index < -0.39 is 23.9 Å². The molecule has 4 rings (SSSR count). The first-order valence-electron chi connectivity index (χ1n) is 11.7. The Kier molecular flexibility index (Phi) is 8.37. The molecule has 1 atom stereocenters. The molecule has 0 radical (unpaired) electrons. The minimum Gasteiger partial charge on any atom is -0.358 e. The molecule has 0 saturated heterocycles. The lowest BCUT2D eigenvalue weighted by Crippen LogP contribution is -2.47. The van der Waals surface area contributed by atoms with Crippen molar-refractivity contribution in [1.29, 1.82) is 0 Å². The summed E-state index contributed by atoms with van der Waals surface area (Å²) < 4.78 is 0. The molecular weight excluding hydrogens is 492 g/mol. The van der Waals surface area contributed by atoms with Gasteiger partial charge in [0.25, 0.3) is 0 Å². The van der Waals surface area contributed by atoms with E-state index >= 15 is 0 Å². The molecule has 9 nitrogen and oxygen atoms in total. The third-order valence-electron chi connectivity index (χ3n) is 5.64. The molecule has 4 amide bonds. The zero-order valence-electron chi connectivity index (χ0n) is 20.2. The Balaban J connectivity index is 1.44. The molecule has 190 valence electrons. The van der Waals surface area contributed by atoms with Gasteiger partial charge in [0.15, 0.2) is 0 Å². The number of amides is 4.